The van der Waals surface area contributed by atoms with Gasteiger partial charge in [-0.1, -0.05) is 48.9 Å². The van der Waals surface area contributed by atoms with E-state index in [1.807, 2.05) is 0 Å². The number of piperidine rings is 1. The topological polar surface area (TPSA) is 49.9 Å². The summed E-state index contributed by atoms with van der Waals surface area (Å²) >= 11 is 6.24. The first-order valence-electron chi connectivity index (χ1n) is 12.5. The molecule has 1 heterocycles. The highest BCUT2D eigenvalue weighted by Gasteiger charge is 2.47. The summed E-state index contributed by atoms with van der Waals surface area (Å²) in [6.45, 7) is 3.24. The highest BCUT2D eigenvalue weighted by atomic mass is 35.5. The Labute approximate surface area is 221 Å². The Hall–Kier alpha value is -2.74. The van der Waals surface area contributed by atoms with Gasteiger partial charge in [0.2, 0.25) is 5.91 Å². The highest BCUT2D eigenvalue weighted by molar-refractivity contribution is 6.34. The van der Waals surface area contributed by atoms with Gasteiger partial charge in [-0.2, -0.15) is 13.2 Å². The monoisotopic (exact) mass is 538 g/mol. The van der Waals surface area contributed by atoms with Gasteiger partial charge in [0, 0.05) is 27.2 Å². The lowest BCUT2D eigenvalue weighted by molar-refractivity contribution is -0.173. The summed E-state index contributed by atoms with van der Waals surface area (Å²) in [6, 6.07) is 12.4. The van der Waals surface area contributed by atoms with Crippen molar-refractivity contribution in [2.75, 3.05) is 33.8 Å². The fraction of sp³-hybridized carbons (Fsp3) is 0.500. The molecule has 1 fully saturated rings. The smallest absolute Gasteiger partial charge is 0.404 e. The van der Waals surface area contributed by atoms with Crippen LogP contribution in [-0.2, 0) is 4.79 Å². The van der Waals surface area contributed by atoms with Gasteiger partial charge in [0.1, 0.15) is 5.75 Å². The van der Waals surface area contributed by atoms with Crippen molar-refractivity contribution in [1.29, 1.82) is 0 Å². The number of alkyl halides is 3. The molecule has 0 saturated carbocycles. The number of hydrogen-bond acceptors (Lipinski definition) is 3. The molecule has 0 bridgehead atoms. The minimum absolute atomic E-state index is 0.0174. The minimum atomic E-state index is -4.63. The average molecular weight is 539 g/mol. The van der Waals surface area contributed by atoms with E-state index < -0.39 is 18.0 Å². The average Bonchev–Trinajstić information content (AvgIpc) is 2.86. The fourth-order valence-corrected chi connectivity index (χ4v) is 4.84. The Morgan fingerprint density at radius 2 is 1.76 bits per heavy atom. The van der Waals surface area contributed by atoms with Crippen molar-refractivity contribution in [3.05, 3.63) is 64.7 Å². The van der Waals surface area contributed by atoms with E-state index in [1.54, 1.807) is 38.4 Å². The Morgan fingerprint density at radius 1 is 1.11 bits per heavy atom. The Balaban J connectivity index is 1.44. The molecule has 1 aliphatic heterocycles. The molecule has 1 aliphatic rings. The number of likely N-dealkylation sites (tertiary alicyclic amines) is 1. The lowest BCUT2D eigenvalue weighted by atomic mass is 9.88. The van der Waals surface area contributed by atoms with E-state index in [0.29, 0.717) is 54.8 Å². The summed E-state index contributed by atoms with van der Waals surface area (Å²) in [6.07, 6.45) is -1.42. The van der Waals surface area contributed by atoms with Crippen LogP contribution in [-0.4, -0.2) is 61.6 Å². The molecule has 0 spiro atoms. The van der Waals surface area contributed by atoms with Gasteiger partial charge in [0.25, 0.3) is 5.91 Å². The normalized spacial score (nSPS) is 16.2. The maximum Gasteiger partial charge on any atom is 0.404 e. The molecule has 9 heteroatoms. The van der Waals surface area contributed by atoms with Crippen molar-refractivity contribution in [3.8, 4) is 5.75 Å². The Bertz CT molecular complexity index is 1050. The van der Waals surface area contributed by atoms with Crippen LogP contribution in [0.5, 0.6) is 5.75 Å². The molecule has 3 rings (SSSR count). The summed E-state index contributed by atoms with van der Waals surface area (Å²) < 4.78 is 47.0. The molecule has 1 saturated heterocycles. The van der Waals surface area contributed by atoms with Crippen LogP contribution >= 0.6 is 11.6 Å². The second-order valence-corrected chi connectivity index (χ2v) is 10.4. The van der Waals surface area contributed by atoms with Crippen LogP contribution in [0.2, 0.25) is 5.02 Å². The van der Waals surface area contributed by atoms with E-state index in [4.69, 9.17) is 16.3 Å². The molecule has 2 aromatic rings. The molecule has 37 heavy (non-hydrogen) atoms. The third-order valence-corrected chi connectivity index (χ3v) is 7.13. The van der Waals surface area contributed by atoms with E-state index >= 15 is 0 Å². The van der Waals surface area contributed by atoms with Crippen molar-refractivity contribution in [3.63, 3.8) is 0 Å². The molecule has 0 radical (unpaired) electrons. The van der Waals surface area contributed by atoms with E-state index in [-0.39, 0.29) is 17.4 Å². The molecule has 2 amide bonds. The zero-order valence-electron chi connectivity index (χ0n) is 21.4. The highest BCUT2D eigenvalue weighted by Crippen LogP contribution is 2.37. The number of carbonyl (C=O) groups excluding carboxylic acids is 2. The molecule has 2 aromatic carbocycles. The van der Waals surface area contributed by atoms with Crippen molar-refractivity contribution in [1.82, 2.24) is 9.80 Å². The molecule has 2 atom stereocenters. The van der Waals surface area contributed by atoms with Gasteiger partial charge in [-0.3, -0.25) is 9.59 Å². The summed E-state index contributed by atoms with van der Waals surface area (Å²) in [7, 11) is 3.33. The number of halogens is 4. The van der Waals surface area contributed by atoms with E-state index in [1.165, 1.54) is 34.1 Å². The lowest BCUT2D eigenvalue weighted by Gasteiger charge is -2.35. The maximum atomic E-state index is 13.7. The molecular weight excluding hydrogens is 505 g/mol. The van der Waals surface area contributed by atoms with Gasteiger partial charge in [-0.15, -0.1) is 0 Å². The zero-order chi connectivity index (χ0) is 27.2. The Morgan fingerprint density at radius 3 is 2.32 bits per heavy atom. The van der Waals surface area contributed by atoms with Crippen LogP contribution in [0.3, 0.4) is 0 Å². The maximum absolute atomic E-state index is 13.7. The van der Waals surface area contributed by atoms with Crippen LogP contribution in [0.4, 0.5) is 13.2 Å². The third-order valence-electron chi connectivity index (χ3n) is 6.81. The minimum Gasteiger partial charge on any atom is -0.493 e. The molecule has 202 valence electrons. The van der Waals surface area contributed by atoms with Crippen molar-refractivity contribution >= 4 is 23.4 Å². The van der Waals surface area contributed by atoms with Crippen LogP contribution in [0.15, 0.2) is 48.5 Å². The van der Waals surface area contributed by atoms with Crippen molar-refractivity contribution in [2.45, 2.75) is 44.7 Å². The number of hydrogen-bond donors (Lipinski definition) is 0. The number of ether oxygens (including phenoxy) is 1. The van der Waals surface area contributed by atoms with Crippen LogP contribution in [0, 0.1) is 11.8 Å². The number of rotatable bonds is 9. The molecular formula is C28H34ClF3N2O3. The molecule has 5 nitrogen and oxygen atoms in total. The molecule has 0 N–H and O–H groups in total. The van der Waals surface area contributed by atoms with E-state index in [0.717, 1.165) is 12.8 Å². The van der Waals surface area contributed by atoms with Gasteiger partial charge in [0.15, 0.2) is 5.92 Å². The lowest BCUT2D eigenvalue weighted by Crippen LogP contribution is -2.44. The van der Waals surface area contributed by atoms with Gasteiger partial charge in [-0.05, 0) is 61.3 Å². The predicted octanol–water partition coefficient (Wildman–Crippen LogP) is 6.42. The second-order valence-electron chi connectivity index (χ2n) is 9.99. The first-order chi connectivity index (χ1) is 17.5. The SMILES string of the molecule is CC(CCC1CCN(C(=O)C(c2ccccc2)C(F)(F)F)CC1)COc1ccc(C(=O)N(C)C)c(Cl)c1. The van der Waals surface area contributed by atoms with Gasteiger partial charge >= 0.3 is 6.18 Å². The second kappa shape index (κ2) is 12.7. The zero-order valence-corrected chi connectivity index (χ0v) is 22.2. The molecule has 0 aliphatic carbocycles. The third kappa shape index (κ3) is 7.87. The summed E-state index contributed by atoms with van der Waals surface area (Å²) in [5.41, 5.74) is 0.401. The quantitative estimate of drug-likeness (QED) is 0.370. The van der Waals surface area contributed by atoms with Gasteiger partial charge in [0.05, 0.1) is 17.2 Å². The van der Waals surface area contributed by atoms with Crippen LogP contribution in [0.1, 0.15) is 54.4 Å². The van der Waals surface area contributed by atoms with Gasteiger partial charge < -0.3 is 14.5 Å². The number of carbonyl (C=O) groups is 2. The van der Waals surface area contributed by atoms with E-state index in [9.17, 15) is 22.8 Å². The summed E-state index contributed by atoms with van der Waals surface area (Å²) in [5, 5.41) is 0.338. The number of nitrogens with zero attached hydrogens (tertiary/aromatic N) is 2. The fourth-order valence-electron chi connectivity index (χ4n) is 4.58. The number of benzene rings is 2. The van der Waals surface area contributed by atoms with Crippen molar-refractivity contribution < 1.29 is 27.5 Å². The molecule has 0 aromatic heterocycles. The Kier molecular flexibility index (Phi) is 9.87. The largest absolute Gasteiger partial charge is 0.493 e. The standard InChI is InChI=1S/C28H34ClF3N2O3/c1-19(18-37-22-11-12-23(24(29)17-22)26(35)33(2)3)9-10-20-13-15-34(16-14-20)27(36)25(28(30,31)32)21-7-5-4-6-8-21/h4-8,11-12,17,19-20,25H,9-10,13-16,18H2,1-3H3. The predicted molar refractivity (Wildman–Crippen MR) is 138 cm³/mol. The summed E-state index contributed by atoms with van der Waals surface area (Å²) in [5.74, 6) is -1.95. The number of amides is 2. The summed E-state index contributed by atoms with van der Waals surface area (Å²) in [4.78, 5) is 27.7. The van der Waals surface area contributed by atoms with Crippen LogP contribution < -0.4 is 4.74 Å². The first kappa shape index (κ1) is 28.8. The van der Waals surface area contributed by atoms with Gasteiger partial charge in [-0.25, -0.2) is 0 Å². The van der Waals surface area contributed by atoms with Crippen molar-refractivity contribution in [2.24, 2.45) is 11.8 Å². The first-order valence-corrected chi connectivity index (χ1v) is 12.9. The van der Waals surface area contributed by atoms with Crippen LogP contribution in [0.25, 0.3) is 0 Å². The molecule has 2 unspecified atom stereocenters. The van der Waals surface area contributed by atoms with E-state index in [2.05, 4.69) is 6.92 Å².